The molecule has 5 rings (SSSR count). The Hall–Kier alpha value is -1.56. The molecule has 2 aliphatic heterocycles. The molecule has 1 unspecified atom stereocenters. The first-order valence-corrected chi connectivity index (χ1v) is 14.5. The van der Waals surface area contributed by atoms with Gasteiger partial charge in [-0.2, -0.15) is 4.31 Å². The van der Waals surface area contributed by atoms with Crippen LogP contribution in [0, 0.1) is 5.92 Å². The molecule has 2 aromatic heterocycles. The lowest BCUT2D eigenvalue weighted by Crippen LogP contribution is -2.46. The van der Waals surface area contributed by atoms with Crippen LogP contribution < -0.4 is 4.90 Å². The highest BCUT2D eigenvalue weighted by molar-refractivity contribution is 7.91. The molecule has 0 bridgehead atoms. The summed E-state index contributed by atoms with van der Waals surface area (Å²) in [4.78, 5) is 20.1. The summed E-state index contributed by atoms with van der Waals surface area (Å²) in [6, 6.07) is 8.98. The zero-order valence-electron chi connectivity index (χ0n) is 17.9. The Morgan fingerprint density at radius 1 is 1.21 bits per heavy atom. The molecule has 2 fully saturated rings. The second-order valence-corrected chi connectivity index (χ2v) is 12.8. The fraction of sp³-hybridized carbons (Fsp3) is 0.455. The van der Waals surface area contributed by atoms with Crippen LogP contribution in [0.25, 0.3) is 10.2 Å². The summed E-state index contributed by atoms with van der Waals surface area (Å²) in [5.74, 6) is -0.280. The van der Waals surface area contributed by atoms with Gasteiger partial charge in [-0.1, -0.05) is 35.1 Å². The summed E-state index contributed by atoms with van der Waals surface area (Å²) in [7, 11) is -3.50. The summed E-state index contributed by atoms with van der Waals surface area (Å²) < 4.78 is 34.3. The zero-order valence-corrected chi connectivity index (χ0v) is 21.1. The molecule has 2 saturated heterocycles. The smallest absolute Gasteiger partial charge is 0.252 e. The van der Waals surface area contributed by atoms with Crippen LogP contribution in [0.4, 0.5) is 5.13 Å². The minimum atomic E-state index is -3.50. The molecule has 1 atom stereocenters. The van der Waals surface area contributed by atoms with Crippen LogP contribution in [0.5, 0.6) is 0 Å². The van der Waals surface area contributed by atoms with E-state index in [2.05, 4.69) is 4.98 Å². The van der Waals surface area contributed by atoms with Gasteiger partial charge >= 0.3 is 0 Å². The number of carbonyl (C=O) groups excluding carboxylic acids is 1. The minimum Gasteiger partial charge on any atom is -0.376 e. The van der Waals surface area contributed by atoms with E-state index in [4.69, 9.17) is 16.3 Å². The SMILES string of the molecule is O=C(C1CCN(S(=O)(=O)c2cccs2)CC1)N(CC1CCCO1)c1nc2c(Cl)cccc2s1. The van der Waals surface area contributed by atoms with Crippen LogP contribution in [-0.2, 0) is 19.6 Å². The number of thiophene rings is 1. The van der Waals surface area contributed by atoms with Crippen molar-refractivity contribution in [2.24, 2.45) is 5.92 Å². The first-order valence-electron chi connectivity index (χ1n) is 10.9. The minimum absolute atomic E-state index is 0.0178. The molecule has 0 aliphatic carbocycles. The fourth-order valence-electron chi connectivity index (χ4n) is 4.37. The summed E-state index contributed by atoms with van der Waals surface area (Å²) in [5, 5.41) is 2.94. The van der Waals surface area contributed by atoms with Crippen molar-refractivity contribution in [2.75, 3.05) is 31.1 Å². The Bertz CT molecular complexity index is 1230. The second kappa shape index (κ2) is 9.59. The van der Waals surface area contributed by atoms with Gasteiger partial charge in [-0.15, -0.1) is 11.3 Å². The number of ether oxygens (including phenoxy) is 1. The van der Waals surface area contributed by atoms with E-state index in [0.29, 0.717) is 59.0 Å². The van der Waals surface area contributed by atoms with E-state index in [0.717, 1.165) is 17.5 Å². The van der Waals surface area contributed by atoms with Crippen LogP contribution >= 0.6 is 34.3 Å². The Balaban J connectivity index is 1.35. The van der Waals surface area contributed by atoms with Crippen molar-refractivity contribution in [1.29, 1.82) is 0 Å². The van der Waals surface area contributed by atoms with Gasteiger partial charge in [-0.25, -0.2) is 13.4 Å². The molecule has 4 heterocycles. The van der Waals surface area contributed by atoms with Gasteiger partial charge in [0.2, 0.25) is 5.91 Å². The molecule has 11 heteroatoms. The predicted octanol–water partition coefficient (Wildman–Crippen LogP) is 4.62. The van der Waals surface area contributed by atoms with Crippen molar-refractivity contribution in [3.05, 3.63) is 40.7 Å². The Labute approximate surface area is 206 Å². The Kier molecular flexibility index (Phi) is 6.74. The standard InChI is InChI=1S/C22H24ClN3O4S3/c23-17-5-1-6-18-20(17)24-22(32-18)26(14-16-4-2-12-30-16)21(27)15-8-10-25(11-9-15)33(28,29)19-7-3-13-31-19/h1,3,5-7,13,15-16H,2,4,8-12,14H2. The number of amides is 1. The molecule has 0 radical (unpaired) electrons. The van der Waals surface area contributed by atoms with Gasteiger partial charge in [0.25, 0.3) is 10.0 Å². The maximum Gasteiger partial charge on any atom is 0.252 e. The molecule has 0 N–H and O–H groups in total. The number of sulfonamides is 1. The molecule has 176 valence electrons. The first-order chi connectivity index (χ1) is 15.9. The molecular formula is C22H24ClN3O4S3. The maximum absolute atomic E-state index is 13.7. The number of fused-ring (bicyclic) bond motifs is 1. The molecule has 3 aromatic rings. The summed E-state index contributed by atoms with van der Waals surface area (Å²) in [5.41, 5.74) is 0.696. The first kappa shape index (κ1) is 23.2. The average Bonchev–Trinajstić information content (AvgIpc) is 3.59. The van der Waals surface area contributed by atoms with Crippen molar-refractivity contribution >= 4 is 65.6 Å². The number of hydrogen-bond acceptors (Lipinski definition) is 7. The molecular weight excluding hydrogens is 502 g/mol. The van der Waals surface area contributed by atoms with Gasteiger partial charge in [0.1, 0.15) is 9.73 Å². The third kappa shape index (κ3) is 4.69. The predicted molar refractivity (Wildman–Crippen MR) is 132 cm³/mol. The van der Waals surface area contributed by atoms with Crippen molar-refractivity contribution in [3.63, 3.8) is 0 Å². The lowest BCUT2D eigenvalue weighted by molar-refractivity contribution is -0.123. The van der Waals surface area contributed by atoms with E-state index in [-0.39, 0.29) is 17.9 Å². The zero-order chi connectivity index (χ0) is 23.0. The quantitative estimate of drug-likeness (QED) is 0.469. The fourth-order valence-corrected chi connectivity index (χ4v) is 8.27. The van der Waals surface area contributed by atoms with Gasteiger partial charge in [-0.05, 0) is 49.3 Å². The lowest BCUT2D eigenvalue weighted by Gasteiger charge is -2.33. The number of benzene rings is 1. The molecule has 2 aliphatic rings. The number of para-hydroxylation sites is 1. The van der Waals surface area contributed by atoms with Crippen molar-refractivity contribution < 1.29 is 17.9 Å². The van der Waals surface area contributed by atoms with E-state index in [1.807, 2.05) is 12.1 Å². The van der Waals surface area contributed by atoms with Crippen LogP contribution in [-0.4, -0.2) is 56.0 Å². The van der Waals surface area contributed by atoms with Crippen LogP contribution in [0.2, 0.25) is 5.02 Å². The third-order valence-corrected chi connectivity index (χ3v) is 10.8. The maximum atomic E-state index is 13.7. The van der Waals surface area contributed by atoms with Crippen molar-refractivity contribution in [2.45, 2.75) is 36.0 Å². The molecule has 1 amide bonds. The van der Waals surface area contributed by atoms with Gasteiger partial charge < -0.3 is 4.74 Å². The molecule has 7 nitrogen and oxygen atoms in total. The number of halogens is 1. The monoisotopic (exact) mass is 525 g/mol. The number of rotatable bonds is 6. The summed E-state index contributed by atoms with van der Waals surface area (Å²) >= 11 is 8.99. The van der Waals surface area contributed by atoms with Crippen LogP contribution in [0.3, 0.4) is 0 Å². The Morgan fingerprint density at radius 2 is 2.03 bits per heavy atom. The molecule has 33 heavy (non-hydrogen) atoms. The van der Waals surface area contributed by atoms with E-state index in [1.54, 1.807) is 28.5 Å². The number of aromatic nitrogens is 1. The van der Waals surface area contributed by atoms with Gasteiger partial charge in [0.05, 0.1) is 22.4 Å². The van der Waals surface area contributed by atoms with Gasteiger partial charge in [0.15, 0.2) is 5.13 Å². The van der Waals surface area contributed by atoms with Crippen LogP contribution in [0.15, 0.2) is 39.9 Å². The van der Waals surface area contributed by atoms with Gasteiger partial charge in [0, 0.05) is 25.6 Å². The normalized spacial score (nSPS) is 20.5. The highest BCUT2D eigenvalue weighted by Crippen LogP contribution is 2.35. The number of nitrogens with zero attached hydrogens (tertiary/aromatic N) is 3. The van der Waals surface area contributed by atoms with Crippen molar-refractivity contribution in [3.8, 4) is 0 Å². The van der Waals surface area contributed by atoms with E-state index in [9.17, 15) is 13.2 Å². The number of hydrogen-bond donors (Lipinski definition) is 0. The van der Waals surface area contributed by atoms with Crippen LogP contribution in [0.1, 0.15) is 25.7 Å². The largest absolute Gasteiger partial charge is 0.376 e. The topological polar surface area (TPSA) is 79.8 Å². The Morgan fingerprint density at radius 3 is 2.70 bits per heavy atom. The number of anilines is 1. The third-order valence-electron chi connectivity index (χ3n) is 6.16. The van der Waals surface area contributed by atoms with Crippen molar-refractivity contribution in [1.82, 2.24) is 9.29 Å². The lowest BCUT2D eigenvalue weighted by atomic mass is 9.96. The molecule has 1 aromatic carbocycles. The van der Waals surface area contributed by atoms with Gasteiger partial charge in [-0.3, -0.25) is 9.69 Å². The number of piperidine rings is 1. The molecule has 0 spiro atoms. The second-order valence-electron chi connectivity index (χ2n) is 8.28. The average molecular weight is 526 g/mol. The summed E-state index contributed by atoms with van der Waals surface area (Å²) in [6.07, 6.45) is 2.84. The van der Waals surface area contributed by atoms with E-state index in [1.165, 1.54) is 27.0 Å². The summed E-state index contributed by atoms with van der Waals surface area (Å²) in [6.45, 7) is 1.81. The number of thiazole rings is 1. The van der Waals surface area contributed by atoms with E-state index >= 15 is 0 Å². The highest BCUT2D eigenvalue weighted by atomic mass is 35.5. The number of carbonyl (C=O) groups is 1. The molecule has 0 saturated carbocycles. The highest BCUT2D eigenvalue weighted by Gasteiger charge is 2.36. The van der Waals surface area contributed by atoms with E-state index < -0.39 is 10.0 Å².